The van der Waals surface area contributed by atoms with E-state index < -0.39 is 22.9 Å². The van der Waals surface area contributed by atoms with Crippen molar-refractivity contribution in [2.45, 2.75) is 19.0 Å². The van der Waals surface area contributed by atoms with Crippen molar-refractivity contribution in [3.63, 3.8) is 0 Å². The molecule has 1 unspecified atom stereocenters. The van der Waals surface area contributed by atoms with E-state index in [4.69, 9.17) is 5.11 Å². The molecule has 0 saturated carbocycles. The van der Waals surface area contributed by atoms with E-state index in [1.807, 2.05) is 0 Å². The van der Waals surface area contributed by atoms with Gasteiger partial charge in [-0.1, -0.05) is 0 Å². The Morgan fingerprint density at radius 1 is 1.44 bits per heavy atom. The molecule has 108 valence electrons. The SMILES string of the molecule is CN(CC(F)(F)F)S(=O)(=O)N1CCCC(CO)C1. The van der Waals surface area contributed by atoms with Gasteiger partial charge in [-0.3, -0.25) is 0 Å². The molecule has 0 radical (unpaired) electrons. The molecule has 0 aromatic rings. The molecule has 1 rings (SSSR count). The summed E-state index contributed by atoms with van der Waals surface area (Å²) in [5.41, 5.74) is 0. The molecule has 0 spiro atoms. The van der Waals surface area contributed by atoms with Gasteiger partial charge in [-0.25, -0.2) is 0 Å². The third-order valence-electron chi connectivity index (χ3n) is 2.86. The fourth-order valence-corrected chi connectivity index (χ4v) is 3.38. The summed E-state index contributed by atoms with van der Waals surface area (Å²) in [6.07, 6.45) is -3.33. The van der Waals surface area contributed by atoms with E-state index in [9.17, 15) is 21.6 Å². The van der Waals surface area contributed by atoms with Crippen LogP contribution in [0.1, 0.15) is 12.8 Å². The van der Waals surface area contributed by atoms with E-state index in [1.54, 1.807) is 0 Å². The summed E-state index contributed by atoms with van der Waals surface area (Å²) in [6, 6.07) is 0. The van der Waals surface area contributed by atoms with Crippen LogP contribution in [0.3, 0.4) is 0 Å². The summed E-state index contributed by atoms with van der Waals surface area (Å²) in [7, 11) is -3.19. The summed E-state index contributed by atoms with van der Waals surface area (Å²) in [5, 5.41) is 8.98. The van der Waals surface area contributed by atoms with E-state index >= 15 is 0 Å². The van der Waals surface area contributed by atoms with Crippen LogP contribution in [0.2, 0.25) is 0 Å². The van der Waals surface area contributed by atoms with Crippen LogP contribution in [-0.2, 0) is 10.2 Å². The zero-order chi connectivity index (χ0) is 14.0. The number of alkyl halides is 3. The highest BCUT2D eigenvalue weighted by atomic mass is 32.2. The Bertz CT molecular complexity index is 372. The van der Waals surface area contributed by atoms with Gasteiger partial charge in [0.25, 0.3) is 10.2 Å². The van der Waals surface area contributed by atoms with Crippen LogP contribution in [0, 0.1) is 5.92 Å². The van der Waals surface area contributed by atoms with Crippen molar-refractivity contribution in [2.24, 2.45) is 5.92 Å². The van der Waals surface area contributed by atoms with Crippen LogP contribution in [-0.4, -0.2) is 61.6 Å². The zero-order valence-electron chi connectivity index (χ0n) is 10.0. The maximum Gasteiger partial charge on any atom is 0.402 e. The van der Waals surface area contributed by atoms with E-state index in [0.29, 0.717) is 17.1 Å². The largest absolute Gasteiger partial charge is 0.402 e. The van der Waals surface area contributed by atoms with E-state index in [2.05, 4.69) is 0 Å². The monoisotopic (exact) mass is 290 g/mol. The molecule has 1 heterocycles. The molecular formula is C9H17F3N2O3S. The van der Waals surface area contributed by atoms with Crippen LogP contribution in [0.5, 0.6) is 0 Å². The third kappa shape index (κ3) is 4.08. The van der Waals surface area contributed by atoms with Crippen molar-refractivity contribution >= 4 is 10.2 Å². The minimum Gasteiger partial charge on any atom is -0.396 e. The fraction of sp³-hybridized carbons (Fsp3) is 1.00. The molecule has 1 N–H and O–H groups in total. The maximum absolute atomic E-state index is 12.2. The molecule has 9 heteroatoms. The molecule has 0 aromatic carbocycles. The topological polar surface area (TPSA) is 60.9 Å². The number of halogens is 3. The van der Waals surface area contributed by atoms with Gasteiger partial charge in [0.05, 0.1) is 0 Å². The number of hydrogen-bond acceptors (Lipinski definition) is 3. The van der Waals surface area contributed by atoms with Crippen LogP contribution in [0.15, 0.2) is 0 Å². The molecule has 1 aliphatic rings. The average molecular weight is 290 g/mol. The van der Waals surface area contributed by atoms with Gasteiger partial charge < -0.3 is 5.11 Å². The van der Waals surface area contributed by atoms with Crippen molar-refractivity contribution in [1.82, 2.24) is 8.61 Å². The van der Waals surface area contributed by atoms with Gasteiger partial charge in [-0.15, -0.1) is 0 Å². The Morgan fingerprint density at radius 3 is 2.56 bits per heavy atom. The highest BCUT2D eigenvalue weighted by Gasteiger charge is 2.38. The first kappa shape index (κ1) is 15.7. The lowest BCUT2D eigenvalue weighted by Crippen LogP contribution is -2.49. The van der Waals surface area contributed by atoms with Crippen molar-refractivity contribution in [3.05, 3.63) is 0 Å². The summed E-state index contributed by atoms with van der Waals surface area (Å²) in [6.45, 7) is -1.40. The third-order valence-corrected chi connectivity index (χ3v) is 4.76. The Labute approximate surface area is 104 Å². The summed E-state index contributed by atoms with van der Waals surface area (Å²) < 4.78 is 61.6. The van der Waals surface area contributed by atoms with Crippen LogP contribution < -0.4 is 0 Å². The number of hydrogen-bond donors (Lipinski definition) is 1. The maximum atomic E-state index is 12.2. The van der Waals surface area contributed by atoms with Crippen LogP contribution in [0.4, 0.5) is 13.2 Å². The minimum absolute atomic E-state index is 0.0705. The number of aliphatic hydroxyl groups is 1. The lowest BCUT2D eigenvalue weighted by molar-refractivity contribution is -0.134. The van der Waals surface area contributed by atoms with Crippen LogP contribution in [0.25, 0.3) is 0 Å². The number of aliphatic hydroxyl groups excluding tert-OH is 1. The summed E-state index contributed by atoms with van der Waals surface area (Å²) in [4.78, 5) is 0. The van der Waals surface area contributed by atoms with E-state index in [1.165, 1.54) is 0 Å². The zero-order valence-corrected chi connectivity index (χ0v) is 10.8. The summed E-state index contributed by atoms with van der Waals surface area (Å²) in [5.74, 6) is -0.201. The van der Waals surface area contributed by atoms with Crippen molar-refractivity contribution in [3.8, 4) is 0 Å². The lowest BCUT2D eigenvalue weighted by Gasteiger charge is -2.33. The molecule has 1 fully saturated rings. The first-order valence-corrected chi connectivity index (χ1v) is 6.95. The lowest BCUT2D eigenvalue weighted by atomic mass is 10.0. The normalized spacial score (nSPS) is 23.6. The molecular weight excluding hydrogens is 273 g/mol. The van der Waals surface area contributed by atoms with Gasteiger partial charge in [0.2, 0.25) is 0 Å². The molecule has 5 nitrogen and oxygen atoms in total. The van der Waals surface area contributed by atoms with Gasteiger partial charge in [0.1, 0.15) is 6.54 Å². The molecule has 1 saturated heterocycles. The predicted octanol–water partition coefficient (Wildman–Crippen LogP) is 0.430. The number of nitrogens with zero attached hydrogens (tertiary/aromatic N) is 2. The molecule has 1 aliphatic heterocycles. The van der Waals surface area contributed by atoms with Gasteiger partial charge in [0.15, 0.2) is 0 Å². The van der Waals surface area contributed by atoms with Gasteiger partial charge >= 0.3 is 6.18 Å². The number of rotatable bonds is 4. The van der Waals surface area contributed by atoms with Crippen LogP contribution >= 0.6 is 0 Å². The average Bonchev–Trinajstić information content (AvgIpc) is 2.27. The molecule has 18 heavy (non-hydrogen) atoms. The molecule has 0 aliphatic carbocycles. The van der Waals surface area contributed by atoms with Gasteiger partial charge in [-0.2, -0.15) is 30.2 Å². The quantitative estimate of drug-likeness (QED) is 0.817. The van der Waals surface area contributed by atoms with E-state index in [-0.39, 0.29) is 25.6 Å². The van der Waals surface area contributed by atoms with Crippen molar-refractivity contribution in [2.75, 3.05) is 33.3 Å². The number of piperidine rings is 1. The second kappa shape index (κ2) is 5.72. The van der Waals surface area contributed by atoms with Crippen molar-refractivity contribution in [1.29, 1.82) is 0 Å². The Hall–Kier alpha value is -0.380. The van der Waals surface area contributed by atoms with E-state index in [0.717, 1.165) is 11.4 Å². The van der Waals surface area contributed by atoms with Crippen molar-refractivity contribution < 1.29 is 26.7 Å². The Kier molecular flexibility index (Phi) is 4.98. The smallest absolute Gasteiger partial charge is 0.396 e. The molecule has 0 amide bonds. The summed E-state index contributed by atoms with van der Waals surface area (Å²) >= 11 is 0. The predicted molar refractivity (Wildman–Crippen MR) is 59.0 cm³/mol. The van der Waals surface area contributed by atoms with Gasteiger partial charge in [0, 0.05) is 26.7 Å². The Balaban J connectivity index is 2.73. The van der Waals surface area contributed by atoms with Gasteiger partial charge in [-0.05, 0) is 18.8 Å². The standard InChI is InChI=1S/C9H17F3N2O3S/c1-13(7-9(10,11)12)18(16,17)14-4-2-3-8(5-14)6-15/h8,15H,2-7H2,1H3. The highest BCUT2D eigenvalue weighted by Crippen LogP contribution is 2.23. The minimum atomic E-state index is -4.56. The first-order valence-electron chi connectivity index (χ1n) is 5.56. The first-order chi connectivity index (χ1) is 8.16. The second-order valence-electron chi connectivity index (χ2n) is 4.43. The second-order valence-corrected chi connectivity index (χ2v) is 6.46. The molecule has 0 bridgehead atoms. The molecule has 0 aromatic heterocycles. The Morgan fingerprint density at radius 2 is 2.06 bits per heavy atom. The fourth-order valence-electron chi connectivity index (χ4n) is 1.92. The highest BCUT2D eigenvalue weighted by molar-refractivity contribution is 7.86. The molecule has 1 atom stereocenters.